The van der Waals surface area contributed by atoms with E-state index < -0.39 is 0 Å². The van der Waals surface area contributed by atoms with Crippen LogP contribution in [-0.4, -0.2) is 16.5 Å². The average molecular weight is 227 g/mol. The molecular weight excluding hydrogens is 210 g/mol. The summed E-state index contributed by atoms with van der Waals surface area (Å²) < 4.78 is 0.421. The van der Waals surface area contributed by atoms with Crippen molar-refractivity contribution in [2.45, 2.75) is 37.6 Å². The summed E-state index contributed by atoms with van der Waals surface area (Å²) in [6.45, 7) is 6.89. The van der Waals surface area contributed by atoms with Crippen molar-refractivity contribution in [2.75, 3.05) is 5.75 Å². The van der Waals surface area contributed by atoms with Crippen molar-refractivity contribution in [1.29, 1.82) is 0 Å². The fraction of sp³-hybridized carbons (Fsp3) is 0.636. The van der Waals surface area contributed by atoms with Gasteiger partial charge in [0.2, 0.25) is 0 Å². The normalized spacial score (nSPS) is 26.9. The predicted octanol–water partition coefficient (Wildman–Crippen LogP) is 3.29. The zero-order chi connectivity index (χ0) is 10.2. The second-order valence-electron chi connectivity index (χ2n) is 4.41. The molecule has 1 nitrogen and oxygen atoms in total. The second-order valence-corrected chi connectivity index (χ2v) is 6.87. The molecule has 14 heavy (non-hydrogen) atoms. The Hall–Kier alpha value is 0.01000. The van der Waals surface area contributed by atoms with Gasteiger partial charge >= 0.3 is 0 Å². The Balaban J connectivity index is 1.92. The highest BCUT2D eigenvalue weighted by Crippen LogP contribution is 2.40. The number of nitrogens with one attached hydrogen (secondary N) is 1. The first kappa shape index (κ1) is 10.5. The van der Waals surface area contributed by atoms with E-state index in [1.165, 1.54) is 11.3 Å². The van der Waals surface area contributed by atoms with Gasteiger partial charge in [-0.15, -0.1) is 0 Å². The lowest BCUT2D eigenvalue weighted by atomic mass is 10.0. The van der Waals surface area contributed by atoms with Crippen molar-refractivity contribution >= 4 is 23.1 Å². The summed E-state index contributed by atoms with van der Waals surface area (Å²) in [4.78, 5) is 0. The van der Waals surface area contributed by atoms with E-state index >= 15 is 0 Å². The molecule has 1 aromatic rings. The molecule has 0 spiro atoms. The van der Waals surface area contributed by atoms with Gasteiger partial charge in [0.05, 0.1) is 0 Å². The molecule has 1 aromatic heterocycles. The van der Waals surface area contributed by atoms with Crippen molar-refractivity contribution in [1.82, 2.24) is 5.32 Å². The number of hydrogen-bond acceptors (Lipinski definition) is 3. The van der Waals surface area contributed by atoms with E-state index in [-0.39, 0.29) is 0 Å². The minimum absolute atomic E-state index is 0.421. The summed E-state index contributed by atoms with van der Waals surface area (Å²) in [7, 11) is 0. The van der Waals surface area contributed by atoms with Gasteiger partial charge in [0, 0.05) is 22.6 Å². The maximum atomic E-state index is 3.69. The Morgan fingerprint density at radius 3 is 2.79 bits per heavy atom. The van der Waals surface area contributed by atoms with Gasteiger partial charge in [0.25, 0.3) is 0 Å². The Labute approximate surface area is 94.3 Å². The number of thiophene rings is 1. The monoisotopic (exact) mass is 227 g/mol. The molecule has 78 valence electrons. The van der Waals surface area contributed by atoms with E-state index in [0.717, 1.165) is 0 Å². The van der Waals surface area contributed by atoms with E-state index in [2.05, 4.69) is 42.9 Å². The molecule has 2 rings (SSSR count). The molecule has 2 heterocycles. The third kappa shape index (κ3) is 2.00. The molecule has 1 aliphatic heterocycles. The largest absolute Gasteiger partial charge is 0.305 e. The molecule has 3 heteroatoms. The molecule has 0 bridgehead atoms. The number of thioether (sulfide) groups is 1. The van der Waals surface area contributed by atoms with Crippen LogP contribution in [0.25, 0.3) is 0 Å². The molecule has 0 aromatic carbocycles. The summed E-state index contributed by atoms with van der Waals surface area (Å²) >= 11 is 3.83. The summed E-state index contributed by atoms with van der Waals surface area (Å²) in [5, 5.41) is 8.07. The van der Waals surface area contributed by atoms with Gasteiger partial charge in [-0.25, -0.2) is 0 Å². The van der Waals surface area contributed by atoms with Gasteiger partial charge in [-0.2, -0.15) is 23.1 Å². The van der Waals surface area contributed by atoms with Crippen LogP contribution in [-0.2, 0) is 0 Å². The standard InChI is InChI=1S/C11H17NS2/c1-8(9-4-5-13-6-9)12-10-7-14-11(10,2)3/h4-6,8,10,12H,7H2,1-3H3. The quantitative estimate of drug-likeness (QED) is 0.850. The van der Waals surface area contributed by atoms with E-state index in [0.29, 0.717) is 16.8 Å². The molecular formula is C11H17NS2. The molecule has 0 saturated carbocycles. The Kier molecular flexibility index (Phi) is 2.91. The van der Waals surface area contributed by atoms with Crippen molar-refractivity contribution < 1.29 is 0 Å². The van der Waals surface area contributed by atoms with Crippen LogP contribution in [0.1, 0.15) is 32.4 Å². The molecule has 1 saturated heterocycles. The molecule has 0 amide bonds. The molecule has 1 aliphatic rings. The van der Waals surface area contributed by atoms with Gasteiger partial charge in [0.1, 0.15) is 0 Å². The minimum atomic E-state index is 0.421. The average Bonchev–Trinajstić information content (AvgIpc) is 2.65. The fourth-order valence-corrected chi connectivity index (χ4v) is 3.59. The van der Waals surface area contributed by atoms with Crippen LogP contribution >= 0.6 is 23.1 Å². The summed E-state index contributed by atoms with van der Waals surface area (Å²) in [5.74, 6) is 1.25. The van der Waals surface area contributed by atoms with Crippen molar-refractivity contribution in [3.8, 4) is 0 Å². The maximum Gasteiger partial charge on any atom is 0.0305 e. The zero-order valence-corrected chi connectivity index (χ0v) is 10.5. The zero-order valence-electron chi connectivity index (χ0n) is 8.91. The van der Waals surface area contributed by atoms with Crippen molar-refractivity contribution in [3.63, 3.8) is 0 Å². The third-order valence-corrected chi connectivity index (χ3v) is 5.19. The third-order valence-electron chi connectivity index (χ3n) is 2.96. The fourth-order valence-electron chi connectivity index (χ4n) is 1.67. The van der Waals surface area contributed by atoms with E-state index in [4.69, 9.17) is 0 Å². The number of rotatable bonds is 3. The van der Waals surface area contributed by atoms with Gasteiger partial charge in [0.15, 0.2) is 0 Å². The Morgan fingerprint density at radius 2 is 2.36 bits per heavy atom. The summed E-state index contributed by atoms with van der Waals surface area (Å²) in [6, 6.07) is 3.37. The molecule has 0 radical (unpaired) electrons. The molecule has 1 N–H and O–H groups in total. The molecule has 2 atom stereocenters. The minimum Gasteiger partial charge on any atom is -0.305 e. The van der Waals surface area contributed by atoms with Gasteiger partial charge < -0.3 is 5.32 Å². The predicted molar refractivity (Wildman–Crippen MR) is 66.2 cm³/mol. The SMILES string of the molecule is CC(NC1CSC1(C)C)c1ccsc1. The van der Waals surface area contributed by atoms with Crippen LogP contribution in [0.5, 0.6) is 0 Å². The first-order chi connectivity index (χ1) is 6.59. The van der Waals surface area contributed by atoms with Gasteiger partial charge in [-0.05, 0) is 43.2 Å². The van der Waals surface area contributed by atoms with E-state index in [1.54, 1.807) is 11.3 Å². The van der Waals surface area contributed by atoms with Gasteiger partial charge in [-0.3, -0.25) is 0 Å². The van der Waals surface area contributed by atoms with E-state index in [9.17, 15) is 0 Å². The lowest BCUT2D eigenvalue weighted by Crippen LogP contribution is -2.55. The van der Waals surface area contributed by atoms with E-state index in [1.807, 2.05) is 11.8 Å². The van der Waals surface area contributed by atoms with Crippen LogP contribution in [0.4, 0.5) is 0 Å². The van der Waals surface area contributed by atoms with Crippen molar-refractivity contribution in [3.05, 3.63) is 22.4 Å². The van der Waals surface area contributed by atoms with Crippen LogP contribution in [0, 0.1) is 0 Å². The smallest absolute Gasteiger partial charge is 0.0305 e. The maximum absolute atomic E-state index is 3.69. The van der Waals surface area contributed by atoms with Crippen LogP contribution < -0.4 is 5.32 Å². The second kappa shape index (κ2) is 3.87. The van der Waals surface area contributed by atoms with Crippen LogP contribution in [0.3, 0.4) is 0 Å². The Morgan fingerprint density at radius 1 is 1.57 bits per heavy atom. The van der Waals surface area contributed by atoms with Crippen LogP contribution in [0.2, 0.25) is 0 Å². The lowest BCUT2D eigenvalue weighted by Gasteiger charge is -2.45. The topological polar surface area (TPSA) is 12.0 Å². The highest BCUT2D eigenvalue weighted by atomic mass is 32.2. The lowest BCUT2D eigenvalue weighted by molar-refractivity contribution is 0.397. The summed E-state index contributed by atoms with van der Waals surface area (Å²) in [6.07, 6.45) is 0. The van der Waals surface area contributed by atoms with Gasteiger partial charge in [-0.1, -0.05) is 0 Å². The Bertz CT molecular complexity index is 292. The first-order valence-electron chi connectivity index (χ1n) is 5.02. The molecule has 0 aliphatic carbocycles. The highest BCUT2D eigenvalue weighted by molar-refractivity contribution is 8.02. The molecule has 2 unspecified atom stereocenters. The first-order valence-corrected chi connectivity index (χ1v) is 6.94. The van der Waals surface area contributed by atoms with Crippen molar-refractivity contribution in [2.24, 2.45) is 0 Å². The highest BCUT2D eigenvalue weighted by Gasteiger charge is 2.39. The number of hydrogen-bond donors (Lipinski definition) is 1. The molecule has 1 fully saturated rings. The van der Waals surface area contributed by atoms with Crippen LogP contribution in [0.15, 0.2) is 16.8 Å². The summed E-state index contributed by atoms with van der Waals surface area (Å²) in [5.41, 5.74) is 1.42.